The second-order valence-electron chi connectivity index (χ2n) is 12.7. The van der Waals surface area contributed by atoms with Gasteiger partial charge in [0.15, 0.2) is 0 Å². The van der Waals surface area contributed by atoms with E-state index in [4.69, 9.17) is 13.3 Å². The van der Waals surface area contributed by atoms with Crippen LogP contribution in [0.1, 0.15) is 0 Å². The van der Waals surface area contributed by atoms with Gasteiger partial charge in [-0.05, 0) is 69.1 Å². The number of hydrogen-bond acceptors (Lipinski definition) is 3. The van der Waals surface area contributed by atoms with E-state index in [9.17, 15) is 0 Å². The van der Waals surface area contributed by atoms with Crippen LogP contribution in [0.4, 0.5) is 0 Å². The quantitative estimate of drug-likeness (QED) is 0.183. The average molecular weight is 627 g/mol. The van der Waals surface area contributed by atoms with E-state index in [2.05, 4.69) is 127 Å². The lowest BCUT2D eigenvalue weighted by molar-refractivity contribution is 0.631. The van der Waals surface area contributed by atoms with Crippen LogP contribution in [0.15, 0.2) is 171 Å². The number of benzene rings is 8. The number of furan rings is 3. The molecule has 0 amide bonds. The van der Waals surface area contributed by atoms with Crippen LogP contribution in [0, 0.1) is 0 Å². The zero-order chi connectivity index (χ0) is 32.1. The molecule has 0 atom stereocenters. The van der Waals surface area contributed by atoms with Gasteiger partial charge in [-0.2, -0.15) is 0 Å². The van der Waals surface area contributed by atoms with Gasteiger partial charge in [0.2, 0.25) is 0 Å². The van der Waals surface area contributed by atoms with Crippen molar-refractivity contribution in [2.75, 3.05) is 0 Å². The van der Waals surface area contributed by atoms with Crippen molar-refractivity contribution in [3.8, 4) is 33.6 Å². The molecule has 228 valence electrons. The van der Waals surface area contributed by atoms with Crippen molar-refractivity contribution in [1.29, 1.82) is 0 Å². The Kier molecular flexibility index (Phi) is 5.38. The highest BCUT2D eigenvalue weighted by Gasteiger charge is 2.27. The minimum atomic E-state index is 0.801. The molecule has 0 saturated carbocycles. The Labute approximate surface area is 280 Å². The topological polar surface area (TPSA) is 39.4 Å². The smallest absolute Gasteiger partial charge is 0.147 e. The third-order valence-electron chi connectivity index (χ3n) is 10.1. The molecular weight excluding hydrogens is 601 g/mol. The molecule has 8 aromatic carbocycles. The van der Waals surface area contributed by atoms with Crippen LogP contribution in [0.2, 0.25) is 0 Å². The van der Waals surface area contributed by atoms with Gasteiger partial charge in [-0.15, -0.1) is 0 Å². The molecule has 0 spiro atoms. The number of para-hydroxylation sites is 2. The molecule has 49 heavy (non-hydrogen) atoms. The molecule has 3 heteroatoms. The monoisotopic (exact) mass is 626 g/mol. The van der Waals surface area contributed by atoms with Crippen LogP contribution in [0.3, 0.4) is 0 Å². The summed E-state index contributed by atoms with van der Waals surface area (Å²) >= 11 is 0. The van der Waals surface area contributed by atoms with Crippen molar-refractivity contribution in [2.24, 2.45) is 0 Å². The van der Waals surface area contributed by atoms with E-state index < -0.39 is 0 Å². The van der Waals surface area contributed by atoms with E-state index in [0.29, 0.717) is 0 Å². The fourth-order valence-corrected chi connectivity index (χ4v) is 7.99. The second-order valence-corrected chi connectivity index (χ2v) is 12.7. The predicted octanol–water partition coefficient (Wildman–Crippen LogP) is 13.5. The first-order valence-electron chi connectivity index (χ1n) is 16.6. The maximum Gasteiger partial charge on any atom is 0.147 e. The van der Waals surface area contributed by atoms with Gasteiger partial charge < -0.3 is 13.3 Å². The van der Waals surface area contributed by atoms with Crippen molar-refractivity contribution in [1.82, 2.24) is 0 Å². The molecule has 0 aliphatic heterocycles. The molecule has 0 radical (unpaired) electrons. The third kappa shape index (κ3) is 3.73. The molecule has 0 saturated heterocycles. The van der Waals surface area contributed by atoms with Crippen molar-refractivity contribution in [2.45, 2.75) is 0 Å². The van der Waals surface area contributed by atoms with Gasteiger partial charge in [0, 0.05) is 38.2 Å². The summed E-state index contributed by atoms with van der Waals surface area (Å²) in [6, 6.07) is 55.3. The predicted molar refractivity (Wildman–Crippen MR) is 202 cm³/mol. The third-order valence-corrected chi connectivity index (χ3v) is 10.1. The summed E-state index contributed by atoms with van der Waals surface area (Å²) < 4.78 is 19.8. The number of rotatable bonds is 3. The first-order valence-corrected chi connectivity index (χ1v) is 16.6. The van der Waals surface area contributed by atoms with Crippen LogP contribution in [-0.2, 0) is 0 Å². The van der Waals surface area contributed by atoms with Gasteiger partial charge in [0.25, 0.3) is 0 Å². The lowest BCUT2D eigenvalue weighted by Gasteiger charge is -2.18. The molecule has 0 fully saturated rings. The lowest BCUT2D eigenvalue weighted by Crippen LogP contribution is -1.91. The second kappa shape index (κ2) is 9.96. The average Bonchev–Trinajstić information content (AvgIpc) is 3.85. The van der Waals surface area contributed by atoms with Crippen molar-refractivity contribution in [3.63, 3.8) is 0 Å². The van der Waals surface area contributed by atoms with Gasteiger partial charge in [-0.1, -0.05) is 121 Å². The molecule has 0 aliphatic rings. The summed E-state index contributed by atoms with van der Waals surface area (Å²) in [4.78, 5) is 0. The van der Waals surface area contributed by atoms with E-state index in [1.165, 1.54) is 16.3 Å². The minimum absolute atomic E-state index is 0.801. The Balaban J connectivity index is 1.31. The summed E-state index contributed by atoms with van der Waals surface area (Å²) in [5, 5.41) is 10.1. The Morgan fingerprint density at radius 2 is 0.816 bits per heavy atom. The molecule has 3 nitrogen and oxygen atoms in total. The van der Waals surface area contributed by atoms with Crippen LogP contribution < -0.4 is 0 Å². The molecule has 3 aromatic heterocycles. The van der Waals surface area contributed by atoms with Gasteiger partial charge in [0.05, 0.1) is 5.39 Å². The van der Waals surface area contributed by atoms with Crippen molar-refractivity contribution < 1.29 is 13.3 Å². The molecule has 11 rings (SSSR count). The molecular formula is C46H26O3. The highest BCUT2D eigenvalue weighted by atomic mass is 16.3. The van der Waals surface area contributed by atoms with Gasteiger partial charge in [0.1, 0.15) is 33.7 Å². The summed E-state index contributed by atoms with van der Waals surface area (Å²) in [5.74, 6) is 0.831. The summed E-state index contributed by atoms with van der Waals surface area (Å²) in [5.41, 5.74) is 9.85. The highest BCUT2D eigenvalue weighted by Crippen LogP contribution is 2.51. The summed E-state index contributed by atoms with van der Waals surface area (Å²) in [7, 11) is 0. The van der Waals surface area contributed by atoms with E-state index in [0.717, 1.165) is 93.6 Å². The Morgan fingerprint density at radius 1 is 0.286 bits per heavy atom. The Morgan fingerprint density at radius 3 is 1.51 bits per heavy atom. The van der Waals surface area contributed by atoms with Gasteiger partial charge in [-0.3, -0.25) is 0 Å². The highest BCUT2D eigenvalue weighted by molar-refractivity contribution is 6.28. The van der Waals surface area contributed by atoms with Crippen molar-refractivity contribution in [3.05, 3.63) is 158 Å². The van der Waals surface area contributed by atoms with Crippen molar-refractivity contribution >= 4 is 76.4 Å². The van der Waals surface area contributed by atoms with E-state index in [1.54, 1.807) is 0 Å². The first kappa shape index (κ1) is 26.5. The first-order chi connectivity index (χ1) is 24.3. The number of fused-ring (bicyclic) bond motifs is 10. The Bertz CT molecular complexity index is 3040. The number of hydrogen-bond donors (Lipinski definition) is 0. The minimum Gasteiger partial charge on any atom is -0.456 e. The SMILES string of the molecule is c1ccc(-c2oc3ccc4c5ccccc5oc4c3c2-c2c3ccccc3c(-c3ccc4oc5ccccc5c4c3)c3ccccc23)cc1. The molecule has 0 unspecified atom stereocenters. The summed E-state index contributed by atoms with van der Waals surface area (Å²) in [6.07, 6.45) is 0. The molecule has 11 aromatic rings. The van der Waals surface area contributed by atoms with Crippen LogP contribution in [-0.4, -0.2) is 0 Å². The zero-order valence-electron chi connectivity index (χ0n) is 26.2. The van der Waals surface area contributed by atoms with Gasteiger partial charge >= 0.3 is 0 Å². The van der Waals surface area contributed by atoms with Gasteiger partial charge in [-0.25, -0.2) is 0 Å². The van der Waals surface area contributed by atoms with E-state index in [1.807, 2.05) is 30.3 Å². The fraction of sp³-hybridized carbons (Fsp3) is 0. The van der Waals surface area contributed by atoms with E-state index >= 15 is 0 Å². The largest absolute Gasteiger partial charge is 0.456 e. The fourth-order valence-electron chi connectivity index (χ4n) is 7.99. The van der Waals surface area contributed by atoms with Crippen LogP contribution in [0.5, 0.6) is 0 Å². The maximum atomic E-state index is 6.87. The zero-order valence-corrected chi connectivity index (χ0v) is 26.2. The lowest BCUT2D eigenvalue weighted by atomic mass is 9.84. The Hall–Kier alpha value is -6.58. The normalized spacial score (nSPS) is 12.1. The molecule has 0 bridgehead atoms. The standard InChI is InChI=1S/C46H26O3/c1-2-12-27(13-3-1)45-44(43-40(49-45)25-23-35-29-14-8-11-21-38(29)48-46(35)43)42-33-18-6-4-16-31(33)41(32-17-5-7-19-34(32)42)28-22-24-39-36(26-28)30-15-9-10-20-37(30)47-39/h1-26H. The van der Waals surface area contributed by atoms with Crippen LogP contribution in [0.25, 0.3) is 110 Å². The summed E-state index contributed by atoms with van der Waals surface area (Å²) in [6.45, 7) is 0. The molecule has 0 N–H and O–H groups in total. The molecule has 3 heterocycles. The molecule has 0 aliphatic carbocycles. The van der Waals surface area contributed by atoms with Crippen LogP contribution >= 0.6 is 0 Å². The van der Waals surface area contributed by atoms with E-state index in [-0.39, 0.29) is 0 Å². The maximum absolute atomic E-state index is 6.87.